The summed E-state index contributed by atoms with van der Waals surface area (Å²) in [6.07, 6.45) is 5.20. The van der Waals surface area contributed by atoms with E-state index < -0.39 is 5.91 Å². The van der Waals surface area contributed by atoms with Crippen molar-refractivity contribution >= 4 is 28.3 Å². The third-order valence-electron chi connectivity index (χ3n) is 4.19. The van der Waals surface area contributed by atoms with Crippen LogP contribution < -0.4 is 11.1 Å². The van der Waals surface area contributed by atoms with Gasteiger partial charge in [-0.1, -0.05) is 6.07 Å². The van der Waals surface area contributed by atoms with Crippen LogP contribution in [-0.2, 0) is 11.3 Å². The minimum Gasteiger partial charge on any atom is -0.368 e. The van der Waals surface area contributed by atoms with Gasteiger partial charge in [0, 0.05) is 18.1 Å². The number of nitrogens with one attached hydrogen (secondary N) is 1. The second kappa shape index (κ2) is 7.07. The van der Waals surface area contributed by atoms with Crippen molar-refractivity contribution in [1.29, 1.82) is 0 Å². The summed E-state index contributed by atoms with van der Waals surface area (Å²) in [6.45, 7) is 3.93. The molecule has 0 spiro atoms. The second-order valence-corrected chi connectivity index (χ2v) is 6.58. The van der Waals surface area contributed by atoms with Crippen LogP contribution in [0.25, 0.3) is 22.4 Å². The summed E-state index contributed by atoms with van der Waals surface area (Å²) < 4.78 is 1.49. The van der Waals surface area contributed by atoms with Crippen molar-refractivity contribution in [1.82, 2.24) is 24.7 Å². The molecule has 4 aromatic heterocycles. The molecule has 1 amide bonds. The molecular formula is C20H19N7O. The van der Waals surface area contributed by atoms with E-state index in [0.29, 0.717) is 11.0 Å². The van der Waals surface area contributed by atoms with Crippen molar-refractivity contribution in [3.05, 3.63) is 60.2 Å². The molecule has 0 fully saturated rings. The molecule has 0 radical (unpaired) electrons. The van der Waals surface area contributed by atoms with Gasteiger partial charge in [0.05, 0.1) is 23.3 Å². The topological polar surface area (TPSA) is 112 Å². The van der Waals surface area contributed by atoms with E-state index in [2.05, 4.69) is 25.4 Å². The third kappa shape index (κ3) is 3.52. The second-order valence-electron chi connectivity index (χ2n) is 6.58. The van der Waals surface area contributed by atoms with E-state index in [1.807, 2.05) is 50.4 Å². The van der Waals surface area contributed by atoms with E-state index in [0.717, 1.165) is 34.0 Å². The predicted molar refractivity (Wildman–Crippen MR) is 107 cm³/mol. The number of aromatic nitrogens is 5. The Morgan fingerprint density at radius 3 is 2.82 bits per heavy atom. The quantitative estimate of drug-likeness (QED) is 0.556. The van der Waals surface area contributed by atoms with E-state index in [-0.39, 0.29) is 6.54 Å². The number of fused-ring (bicyclic) bond motifs is 1. The summed E-state index contributed by atoms with van der Waals surface area (Å²) in [5.74, 6) is -0.460. The number of aryl methyl sites for hydroxylation is 2. The number of hydrogen-bond acceptors (Lipinski definition) is 6. The van der Waals surface area contributed by atoms with Crippen molar-refractivity contribution < 1.29 is 4.79 Å². The van der Waals surface area contributed by atoms with Crippen molar-refractivity contribution in [3.8, 4) is 11.4 Å². The van der Waals surface area contributed by atoms with Gasteiger partial charge in [-0.2, -0.15) is 5.10 Å². The van der Waals surface area contributed by atoms with Crippen LogP contribution in [-0.4, -0.2) is 30.6 Å². The van der Waals surface area contributed by atoms with E-state index in [1.54, 1.807) is 12.4 Å². The van der Waals surface area contributed by atoms with Crippen molar-refractivity contribution in [2.75, 3.05) is 5.32 Å². The maximum absolute atomic E-state index is 11.2. The van der Waals surface area contributed by atoms with E-state index >= 15 is 0 Å². The largest absolute Gasteiger partial charge is 0.368 e. The number of rotatable bonds is 5. The Morgan fingerprint density at radius 2 is 2.04 bits per heavy atom. The van der Waals surface area contributed by atoms with Crippen LogP contribution in [0.3, 0.4) is 0 Å². The highest BCUT2D eigenvalue weighted by molar-refractivity contribution is 5.91. The van der Waals surface area contributed by atoms with Crippen LogP contribution in [0.4, 0.5) is 11.4 Å². The molecule has 28 heavy (non-hydrogen) atoms. The molecule has 0 saturated heterocycles. The maximum atomic E-state index is 11.2. The van der Waals surface area contributed by atoms with Crippen LogP contribution in [0.1, 0.15) is 11.3 Å². The van der Waals surface area contributed by atoms with Crippen LogP contribution in [0.2, 0.25) is 0 Å². The minimum atomic E-state index is -0.460. The number of primary amides is 1. The molecule has 0 aliphatic rings. The smallest absolute Gasteiger partial charge is 0.239 e. The van der Waals surface area contributed by atoms with E-state index in [4.69, 9.17) is 5.73 Å². The molecule has 0 aromatic carbocycles. The summed E-state index contributed by atoms with van der Waals surface area (Å²) >= 11 is 0. The first-order chi connectivity index (χ1) is 13.5. The fraction of sp³-hybridized carbons (Fsp3) is 0.150. The molecule has 0 unspecified atom stereocenters. The molecule has 3 N–H and O–H groups in total. The zero-order chi connectivity index (χ0) is 19.7. The van der Waals surface area contributed by atoms with Crippen molar-refractivity contribution in [2.45, 2.75) is 20.4 Å². The van der Waals surface area contributed by atoms with Crippen molar-refractivity contribution in [2.24, 2.45) is 5.73 Å². The Hall–Kier alpha value is -3.81. The molecule has 4 rings (SSSR count). The summed E-state index contributed by atoms with van der Waals surface area (Å²) in [7, 11) is 0. The van der Waals surface area contributed by atoms with Gasteiger partial charge in [0.15, 0.2) is 0 Å². The zero-order valence-electron chi connectivity index (χ0n) is 15.5. The van der Waals surface area contributed by atoms with Crippen LogP contribution in [0.5, 0.6) is 0 Å². The summed E-state index contributed by atoms with van der Waals surface area (Å²) in [6, 6.07) is 9.68. The molecular weight excluding hydrogens is 354 g/mol. The first kappa shape index (κ1) is 17.6. The molecule has 0 saturated carbocycles. The number of nitrogens with two attached hydrogens (primary N) is 1. The third-order valence-corrected chi connectivity index (χ3v) is 4.19. The average Bonchev–Trinajstić information content (AvgIpc) is 3.04. The lowest BCUT2D eigenvalue weighted by Gasteiger charge is -2.12. The summed E-state index contributed by atoms with van der Waals surface area (Å²) in [5.41, 5.74) is 11.6. The molecule has 0 aliphatic heterocycles. The average molecular weight is 373 g/mol. The number of carbonyl (C=O) groups is 1. The number of hydrogen-bond donors (Lipinski definition) is 2. The van der Waals surface area contributed by atoms with Gasteiger partial charge in [0.25, 0.3) is 0 Å². The van der Waals surface area contributed by atoms with Crippen molar-refractivity contribution in [3.63, 3.8) is 0 Å². The molecule has 140 valence electrons. The first-order valence-corrected chi connectivity index (χ1v) is 8.78. The van der Waals surface area contributed by atoms with Crippen LogP contribution in [0, 0.1) is 13.8 Å². The molecule has 4 heterocycles. The minimum absolute atomic E-state index is 0.000261. The Kier molecular flexibility index (Phi) is 4.44. The predicted octanol–water partition coefficient (Wildman–Crippen LogP) is 2.73. The van der Waals surface area contributed by atoms with Gasteiger partial charge in [-0.3, -0.25) is 24.4 Å². The molecule has 4 aromatic rings. The Balaban J connectivity index is 1.78. The zero-order valence-corrected chi connectivity index (χ0v) is 15.5. The maximum Gasteiger partial charge on any atom is 0.239 e. The number of anilines is 2. The lowest BCUT2D eigenvalue weighted by Crippen LogP contribution is -2.18. The Bertz CT molecular complexity index is 1180. The highest BCUT2D eigenvalue weighted by atomic mass is 16.1. The fourth-order valence-corrected chi connectivity index (χ4v) is 3.00. The lowest BCUT2D eigenvalue weighted by atomic mass is 10.1. The summed E-state index contributed by atoms with van der Waals surface area (Å²) in [4.78, 5) is 24.7. The van der Waals surface area contributed by atoms with Gasteiger partial charge in [-0.05, 0) is 43.7 Å². The van der Waals surface area contributed by atoms with Gasteiger partial charge in [-0.25, -0.2) is 0 Å². The molecule has 0 aliphatic carbocycles. The number of amides is 1. The Labute approximate surface area is 161 Å². The first-order valence-electron chi connectivity index (χ1n) is 8.78. The fourth-order valence-electron chi connectivity index (χ4n) is 3.00. The SMILES string of the molecule is Cc1cnc(-c2cccc(C)n2)c(Nc2ccnc3cn(CC(N)=O)nc23)c1. The number of carbonyl (C=O) groups excluding carboxylic acids is 1. The van der Waals surface area contributed by atoms with Crippen LogP contribution in [0.15, 0.2) is 48.9 Å². The number of nitrogens with zero attached hydrogens (tertiary/aromatic N) is 5. The molecule has 0 bridgehead atoms. The lowest BCUT2D eigenvalue weighted by molar-refractivity contribution is -0.118. The highest BCUT2D eigenvalue weighted by Crippen LogP contribution is 2.30. The van der Waals surface area contributed by atoms with Crippen LogP contribution >= 0.6 is 0 Å². The van der Waals surface area contributed by atoms with Gasteiger partial charge >= 0.3 is 0 Å². The highest BCUT2D eigenvalue weighted by Gasteiger charge is 2.13. The molecule has 8 nitrogen and oxygen atoms in total. The van der Waals surface area contributed by atoms with Gasteiger partial charge in [0.1, 0.15) is 23.3 Å². The van der Waals surface area contributed by atoms with E-state index in [1.165, 1.54) is 4.68 Å². The number of pyridine rings is 3. The van der Waals surface area contributed by atoms with Gasteiger partial charge in [-0.15, -0.1) is 0 Å². The monoisotopic (exact) mass is 373 g/mol. The Morgan fingerprint density at radius 1 is 1.18 bits per heavy atom. The summed E-state index contributed by atoms with van der Waals surface area (Å²) in [5, 5.41) is 7.85. The van der Waals surface area contributed by atoms with E-state index in [9.17, 15) is 4.79 Å². The molecule has 8 heteroatoms. The van der Waals surface area contributed by atoms with Gasteiger partial charge in [0.2, 0.25) is 5.91 Å². The molecule has 0 atom stereocenters. The van der Waals surface area contributed by atoms with Gasteiger partial charge < -0.3 is 11.1 Å². The normalized spacial score (nSPS) is 10.9. The standard InChI is InChI=1S/C20H19N7O/c1-12-8-16(19(23-9-12)14-5-3-4-13(2)24-14)25-15-6-7-22-17-10-27(11-18(21)28)26-20(15)17/h3-10,25H,11H2,1-2H3,(H2,21,28).